The molecule has 0 aliphatic rings. The largest absolute Gasteiger partial charge is 0.507 e. The number of aromatic hydroxyl groups is 1. The second-order valence-electron chi connectivity index (χ2n) is 6.37. The maximum absolute atomic E-state index is 12.9. The number of hydrogen-bond acceptors (Lipinski definition) is 3. The number of anilines is 1. The van der Waals surface area contributed by atoms with E-state index >= 15 is 0 Å². The van der Waals surface area contributed by atoms with Crippen LogP contribution in [0.2, 0.25) is 10.0 Å². The van der Waals surface area contributed by atoms with Crippen molar-refractivity contribution in [3.63, 3.8) is 0 Å². The van der Waals surface area contributed by atoms with Crippen molar-refractivity contribution in [1.82, 2.24) is 5.32 Å². The SMILES string of the molecule is O=C(N[C@H](Cc1ccccc1)C(=O)Nc1ccc(Cl)cc1)c1ccc(Cl)cc1O. The molecule has 2 amide bonds. The molecular formula is C22H18Cl2N2O3. The van der Waals surface area contributed by atoms with E-state index in [0.717, 1.165) is 5.56 Å². The molecule has 29 heavy (non-hydrogen) atoms. The summed E-state index contributed by atoms with van der Waals surface area (Å²) in [6, 6.07) is 19.3. The zero-order chi connectivity index (χ0) is 20.8. The number of hydrogen-bond donors (Lipinski definition) is 3. The monoisotopic (exact) mass is 428 g/mol. The molecular weight excluding hydrogens is 411 g/mol. The van der Waals surface area contributed by atoms with Gasteiger partial charge in [0.25, 0.3) is 5.91 Å². The molecule has 3 aromatic carbocycles. The molecule has 0 fully saturated rings. The quantitative estimate of drug-likeness (QED) is 0.533. The van der Waals surface area contributed by atoms with E-state index in [1.165, 1.54) is 18.2 Å². The molecule has 148 valence electrons. The molecule has 0 spiro atoms. The fraction of sp³-hybridized carbons (Fsp3) is 0.0909. The molecule has 0 aromatic heterocycles. The number of phenolic OH excluding ortho intramolecular Hbond substituents is 1. The van der Waals surface area contributed by atoms with Gasteiger partial charge >= 0.3 is 0 Å². The Morgan fingerprint density at radius 1 is 0.897 bits per heavy atom. The molecule has 0 aliphatic heterocycles. The smallest absolute Gasteiger partial charge is 0.255 e. The van der Waals surface area contributed by atoms with Crippen molar-refractivity contribution in [2.75, 3.05) is 5.32 Å². The summed E-state index contributed by atoms with van der Waals surface area (Å²) in [6.07, 6.45) is 0.278. The molecule has 0 saturated carbocycles. The minimum absolute atomic E-state index is 0.0340. The van der Waals surface area contributed by atoms with Crippen LogP contribution in [0.25, 0.3) is 0 Å². The lowest BCUT2D eigenvalue weighted by molar-refractivity contribution is -0.118. The van der Waals surface area contributed by atoms with E-state index in [4.69, 9.17) is 23.2 Å². The summed E-state index contributed by atoms with van der Waals surface area (Å²) in [7, 11) is 0. The van der Waals surface area contributed by atoms with Crippen LogP contribution in [0.5, 0.6) is 5.75 Å². The Balaban J connectivity index is 1.80. The van der Waals surface area contributed by atoms with Gasteiger partial charge in [-0.2, -0.15) is 0 Å². The Hall–Kier alpha value is -3.02. The summed E-state index contributed by atoms with van der Waals surface area (Å²) in [6.45, 7) is 0. The Morgan fingerprint density at radius 2 is 1.55 bits per heavy atom. The van der Waals surface area contributed by atoms with E-state index in [-0.39, 0.29) is 17.7 Å². The number of phenols is 1. The van der Waals surface area contributed by atoms with Crippen molar-refractivity contribution in [3.8, 4) is 5.75 Å². The van der Waals surface area contributed by atoms with Crippen molar-refractivity contribution in [2.24, 2.45) is 0 Å². The van der Waals surface area contributed by atoms with Crippen molar-refractivity contribution >= 4 is 40.7 Å². The lowest BCUT2D eigenvalue weighted by atomic mass is 10.0. The van der Waals surface area contributed by atoms with Gasteiger partial charge in [-0.3, -0.25) is 9.59 Å². The molecule has 5 nitrogen and oxygen atoms in total. The maximum atomic E-state index is 12.9. The van der Waals surface area contributed by atoms with Gasteiger partial charge in [-0.05, 0) is 48.0 Å². The molecule has 7 heteroatoms. The van der Waals surface area contributed by atoms with Crippen molar-refractivity contribution in [2.45, 2.75) is 12.5 Å². The second kappa shape index (κ2) is 9.45. The van der Waals surface area contributed by atoms with E-state index in [1.54, 1.807) is 24.3 Å². The zero-order valence-corrected chi connectivity index (χ0v) is 16.7. The number of carbonyl (C=O) groups excluding carboxylic acids is 2. The number of nitrogens with one attached hydrogen (secondary N) is 2. The number of amides is 2. The first kappa shape index (κ1) is 20.7. The standard InChI is InChI=1S/C22H18Cl2N2O3/c23-15-6-9-17(10-7-15)25-22(29)19(12-14-4-2-1-3-5-14)26-21(28)18-11-8-16(24)13-20(18)27/h1-11,13,19,27H,12H2,(H,25,29)(H,26,28)/t19-/m1/s1. The Morgan fingerprint density at radius 3 is 2.21 bits per heavy atom. The molecule has 0 aliphatic carbocycles. The third-order valence-electron chi connectivity index (χ3n) is 4.22. The highest BCUT2D eigenvalue weighted by atomic mass is 35.5. The van der Waals surface area contributed by atoms with E-state index in [0.29, 0.717) is 15.7 Å². The van der Waals surface area contributed by atoms with E-state index in [1.807, 2.05) is 30.3 Å². The minimum Gasteiger partial charge on any atom is -0.507 e. The van der Waals surface area contributed by atoms with Gasteiger partial charge < -0.3 is 15.7 Å². The van der Waals surface area contributed by atoms with Crippen molar-refractivity contribution in [3.05, 3.63) is 94.0 Å². The normalized spacial score (nSPS) is 11.5. The molecule has 0 heterocycles. The summed E-state index contributed by atoms with van der Waals surface area (Å²) < 4.78 is 0. The summed E-state index contributed by atoms with van der Waals surface area (Å²) in [5, 5.41) is 16.3. The van der Waals surface area contributed by atoms with Gasteiger partial charge in [-0.1, -0.05) is 53.5 Å². The van der Waals surface area contributed by atoms with Gasteiger partial charge in [0.15, 0.2) is 0 Å². The van der Waals surface area contributed by atoms with Crippen LogP contribution >= 0.6 is 23.2 Å². The third kappa shape index (κ3) is 5.73. The van der Waals surface area contributed by atoms with Gasteiger partial charge in [0.2, 0.25) is 5.91 Å². The predicted octanol–water partition coefficient (Wildman–Crippen LogP) is 4.68. The van der Waals surface area contributed by atoms with Crippen molar-refractivity contribution < 1.29 is 14.7 Å². The van der Waals surface area contributed by atoms with Crippen LogP contribution < -0.4 is 10.6 Å². The average molecular weight is 429 g/mol. The third-order valence-corrected chi connectivity index (χ3v) is 4.71. The number of benzene rings is 3. The molecule has 1 atom stereocenters. The van der Waals surface area contributed by atoms with Crippen LogP contribution in [-0.4, -0.2) is 23.0 Å². The first-order chi connectivity index (χ1) is 13.9. The lowest BCUT2D eigenvalue weighted by Gasteiger charge is -2.19. The Kier molecular flexibility index (Phi) is 6.75. The number of halogens is 2. The van der Waals surface area contributed by atoms with Crippen LogP contribution in [0.1, 0.15) is 15.9 Å². The van der Waals surface area contributed by atoms with Crippen LogP contribution in [-0.2, 0) is 11.2 Å². The average Bonchev–Trinajstić information content (AvgIpc) is 2.70. The fourth-order valence-corrected chi connectivity index (χ4v) is 3.05. The highest BCUT2D eigenvalue weighted by Crippen LogP contribution is 2.22. The van der Waals surface area contributed by atoms with E-state index in [2.05, 4.69) is 10.6 Å². The van der Waals surface area contributed by atoms with Crippen LogP contribution in [0, 0.1) is 0 Å². The highest BCUT2D eigenvalue weighted by molar-refractivity contribution is 6.31. The van der Waals surface area contributed by atoms with E-state index in [9.17, 15) is 14.7 Å². The predicted molar refractivity (Wildman–Crippen MR) is 115 cm³/mol. The first-order valence-corrected chi connectivity index (χ1v) is 9.57. The maximum Gasteiger partial charge on any atom is 0.255 e. The van der Waals surface area contributed by atoms with Gasteiger partial charge in [0, 0.05) is 22.2 Å². The zero-order valence-electron chi connectivity index (χ0n) is 15.2. The molecule has 0 bridgehead atoms. The van der Waals surface area contributed by atoms with E-state index < -0.39 is 17.9 Å². The molecule has 3 N–H and O–H groups in total. The van der Waals surface area contributed by atoms with Gasteiger partial charge in [-0.15, -0.1) is 0 Å². The minimum atomic E-state index is -0.865. The summed E-state index contributed by atoms with van der Waals surface area (Å²) in [5.74, 6) is -1.23. The van der Waals surface area contributed by atoms with Gasteiger partial charge in [-0.25, -0.2) is 0 Å². The lowest BCUT2D eigenvalue weighted by Crippen LogP contribution is -2.45. The van der Waals surface area contributed by atoms with Gasteiger partial charge in [0.05, 0.1) is 5.56 Å². The van der Waals surface area contributed by atoms with Gasteiger partial charge in [0.1, 0.15) is 11.8 Å². The number of rotatable bonds is 6. The topological polar surface area (TPSA) is 78.4 Å². The fourth-order valence-electron chi connectivity index (χ4n) is 2.75. The molecule has 3 aromatic rings. The van der Waals surface area contributed by atoms with Crippen LogP contribution in [0.3, 0.4) is 0 Å². The van der Waals surface area contributed by atoms with Crippen LogP contribution in [0.15, 0.2) is 72.8 Å². The number of carbonyl (C=O) groups is 2. The second-order valence-corrected chi connectivity index (χ2v) is 7.25. The molecule has 3 rings (SSSR count). The summed E-state index contributed by atoms with van der Waals surface area (Å²) in [5.41, 5.74) is 1.47. The van der Waals surface area contributed by atoms with Crippen molar-refractivity contribution in [1.29, 1.82) is 0 Å². The Bertz CT molecular complexity index is 1010. The molecule has 0 radical (unpaired) electrons. The molecule has 0 saturated heterocycles. The summed E-state index contributed by atoms with van der Waals surface area (Å²) in [4.78, 5) is 25.5. The van der Waals surface area contributed by atoms with Crippen LogP contribution in [0.4, 0.5) is 5.69 Å². The Labute approximate surface area is 178 Å². The summed E-state index contributed by atoms with van der Waals surface area (Å²) >= 11 is 11.7. The molecule has 0 unspecified atom stereocenters. The first-order valence-electron chi connectivity index (χ1n) is 8.82. The highest BCUT2D eigenvalue weighted by Gasteiger charge is 2.23.